The third-order valence-electron chi connectivity index (χ3n) is 2.53. The molecule has 0 aliphatic carbocycles. The molecule has 1 aliphatic rings. The van der Waals surface area contributed by atoms with Crippen molar-refractivity contribution in [2.24, 2.45) is 0 Å². The summed E-state index contributed by atoms with van der Waals surface area (Å²) in [5, 5.41) is 11.5. The van der Waals surface area contributed by atoms with Crippen molar-refractivity contribution in [2.75, 3.05) is 26.4 Å². The molecular weight excluding hydrogens is 213 g/mol. The molecule has 0 aromatic rings. The molecule has 0 unspecified atom stereocenters. The maximum atomic E-state index is 10.3. The number of nitrogens with one attached hydrogen (secondary N) is 1. The minimum atomic E-state index is -0.982. The van der Waals surface area contributed by atoms with Gasteiger partial charge in [0.15, 0.2) is 13.8 Å². The first-order valence-electron chi connectivity index (χ1n) is 5.15. The number of hydrogen-bond acceptors (Lipinski definition) is 5. The Morgan fingerprint density at radius 1 is 1.50 bits per heavy atom. The van der Waals surface area contributed by atoms with Crippen LogP contribution in [0.2, 0.25) is 0 Å². The second-order valence-electron chi connectivity index (χ2n) is 4.39. The Kier molecular flexibility index (Phi) is 4.31. The van der Waals surface area contributed by atoms with Crippen molar-refractivity contribution >= 4 is 14.0 Å². The molecule has 1 fully saturated rings. The maximum absolute atomic E-state index is 10.3. The molecule has 1 heterocycles. The Labute approximate surface area is 95.7 Å². The number of ether oxygens (including phenoxy) is 3. The Morgan fingerprint density at radius 2 is 2.06 bits per heavy atom. The number of carbonyl (C=O) groups is 1. The molecule has 0 amide bonds. The van der Waals surface area contributed by atoms with E-state index in [0.29, 0.717) is 13.2 Å². The van der Waals surface area contributed by atoms with Gasteiger partial charge in [0.2, 0.25) is 0 Å². The largest absolute Gasteiger partial charge is 0.480 e. The summed E-state index contributed by atoms with van der Waals surface area (Å²) in [5.74, 6) is -1.57. The molecule has 1 saturated heterocycles. The Balaban J connectivity index is 2.43. The Hall–Kier alpha value is -0.625. The van der Waals surface area contributed by atoms with Crippen molar-refractivity contribution in [2.45, 2.75) is 25.2 Å². The molecule has 16 heavy (non-hydrogen) atoms. The third kappa shape index (κ3) is 3.75. The van der Waals surface area contributed by atoms with Crippen LogP contribution in [0.5, 0.6) is 0 Å². The smallest absolute Gasteiger partial charge is 0.329 e. The SMILES string of the molecule is BNC1(COCC(=O)O)COC(C)(C)OC1. The van der Waals surface area contributed by atoms with Gasteiger partial charge in [-0.2, -0.15) is 0 Å². The van der Waals surface area contributed by atoms with E-state index in [1.807, 2.05) is 13.8 Å². The van der Waals surface area contributed by atoms with Crippen LogP contribution >= 0.6 is 0 Å². The van der Waals surface area contributed by atoms with Crippen molar-refractivity contribution in [1.82, 2.24) is 5.23 Å². The van der Waals surface area contributed by atoms with E-state index in [1.165, 1.54) is 0 Å². The lowest BCUT2D eigenvalue weighted by molar-refractivity contribution is -0.274. The average molecular weight is 231 g/mol. The zero-order valence-electron chi connectivity index (χ0n) is 9.91. The lowest BCUT2D eigenvalue weighted by atomic mass is 9.99. The fraction of sp³-hybridized carbons (Fsp3) is 0.889. The van der Waals surface area contributed by atoms with Gasteiger partial charge < -0.3 is 24.5 Å². The molecule has 1 aliphatic heterocycles. The van der Waals surface area contributed by atoms with Gasteiger partial charge in [-0.05, 0) is 13.8 Å². The van der Waals surface area contributed by atoms with Crippen molar-refractivity contribution in [3.8, 4) is 0 Å². The first-order valence-corrected chi connectivity index (χ1v) is 5.15. The molecule has 0 aromatic carbocycles. The van der Waals surface area contributed by atoms with Crippen molar-refractivity contribution in [3.63, 3.8) is 0 Å². The molecule has 0 atom stereocenters. The van der Waals surface area contributed by atoms with Crippen LogP contribution in [0.4, 0.5) is 0 Å². The van der Waals surface area contributed by atoms with Crippen LogP contribution < -0.4 is 5.23 Å². The van der Waals surface area contributed by atoms with Gasteiger partial charge in [0.05, 0.1) is 25.4 Å². The summed E-state index contributed by atoms with van der Waals surface area (Å²) in [6, 6.07) is 0. The predicted molar refractivity (Wildman–Crippen MR) is 58.8 cm³/mol. The first kappa shape index (κ1) is 13.4. The molecule has 7 heteroatoms. The molecule has 1 rings (SSSR count). The summed E-state index contributed by atoms with van der Waals surface area (Å²) in [5.41, 5.74) is -0.467. The normalized spacial score (nSPS) is 22.9. The molecule has 0 radical (unpaired) electrons. The van der Waals surface area contributed by atoms with Gasteiger partial charge in [0.1, 0.15) is 6.61 Å². The molecule has 0 saturated carbocycles. The number of carboxylic acids is 1. The zero-order valence-corrected chi connectivity index (χ0v) is 9.91. The second-order valence-corrected chi connectivity index (χ2v) is 4.39. The fourth-order valence-corrected chi connectivity index (χ4v) is 1.34. The van der Waals surface area contributed by atoms with Gasteiger partial charge >= 0.3 is 5.97 Å². The minimum Gasteiger partial charge on any atom is -0.480 e. The van der Waals surface area contributed by atoms with Gasteiger partial charge in [-0.3, -0.25) is 0 Å². The van der Waals surface area contributed by atoms with Crippen molar-refractivity contribution in [3.05, 3.63) is 0 Å². The third-order valence-corrected chi connectivity index (χ3v) is 2.53. The van der Waals surface area contributed by atoms with Gasteiger partial charge in [0.25, 0.3) is 0 Å². The standard InChI is InChI=1S/C9H18BNO5/c1-8(2)15-5-9(11-10,6-16-8)4-14-3-7(12)13/h11H,3-6,10H2,1-2H3,(H,12,13). The fourth-order valence-electron chi connectivity index (χ4n) is 1.34. The van der Waals surface area contributed by atoms with E-state index in [2.05, 4.69) is 5.23 Å². The van der Waals surface area contributed by atoms with Crippen LogP contribution in [0.25, 0.3) is 0 Å². The lowest BCUT2D eigenvalue weighted by Crippen LogP contribution is -2.61. The van der Waals surface area contributed by atoms with Crippen LogP contribution in [0.1, 0.15) is 13.8 Å². The quantitative estimate of drug-likeness (QED) is 0.575. The highest BCUT2D eigenvalue weighted by molar-refractivity contribution is 6.05. The topological polar surface area (TPSA) is 77.0 Å². The predicted octanol–water partition coefficient (Wildman–Crippen LogP) is -1.25. The van der Waals surface area contributed by atoms with Crippen LogP contribution in [-0.4, -0.2) is 56.8 Å². The summed E-state index contributed by atoms with van der Waals surface area (Å²) >= 11 is 0. The van der Waals surface area contributed by atoms with E-state index in [-0.39, 0.29) is 13.2 Å². The molecular formula is C9H18BNO5. The highest BCUT2D eigenvalue weighted by Crippen LogP contribution is 2.23. The van der Waals surface area contributed by atoms with Gasteiger partial charge in [-0.25, -0.2) is 4.79 Å². The molecule has 92 valence electrons. The maximum Gasteiger partial charge on any atom is 0.329 e. The van der Waals surface area contributed by atoms with Crippen LogP contribution in [0.3, 0.4) is 0 Å². The highest BCUT2D eigenvalue weighted by Gasteiger charge is 2.39. The first-order chi connectivity index (χ1) is 7.39. The number of carboxylic acid groups (broad SMARTS) is 1. The summed E-state index contributed by atoms with van der Waals surface area (Å²) in [4.78, 5) is 10.3. The molecule has 0 aromatic heterocycles. The Bertz CT molecular complexity index is 248. The number of rotatable bonds is 5. The summed E-state index contributed by atoms with van der Waals surface area (Å²) < 4.78 is 16.1. The minimum absolute atomic E-state index is 0.242. The monoisotopic (exact) mass is 231 g/mol. The van der Waals surface area contributed by atoms with Crippen molar-refractivity contribution < 1.29 is 24.1 Å². The van der Waals surface area contributed by atoms with E-state index >= 15 is 0 Å². The number of hydrogen-bond donors (Lipinski definition) is 2. The van der Waals surface area contributed by atoms with E-state index < -0.39 is 17.3 Å². The summed E-state index contributed by atoms with van der Waals surface area (Å²) in [6.45, 7) is 4.46. The van der Waals surface area contributed by atoms with Gasteiger partial charge in [-0.15, -0.1) is 0 Å². The van der Waals surface area contributed by atoms with Gasteiger partial charge in [-0.1, -0.05) is 0 Å². The summed E-state index contributed by atoms with van der Waals surface area (Å²) in [6.07, 6.45) is 0. The zero-order chi connectivity index (χ0) is 12.2. The number of aliphatic carboxylic acids is 1. The highest BCUT2D eigenvalue weighted by atomic mass is 16.7. The molecule has 2 N–H and O–H groups in total. The molecule has 0 spiro atoms. The van der Waals surface area contributed by atoms with Crippen LogP contribution in [0, 0.1) is 0 Å². The summed E-state index contributed by atoms with van der Waals surface area (Å²) in [7, 11) is 1.77. The lowest BCUT2D eigenvalue weighted by Gasteiger charge is -2.43. The van der Waals surface area contributed by atoms with Crippen LogP contribution in [0.15, 0.2) is 0 Å². The van der Waals surface area contributed by atoms with E-state index in [9.17, 15) is 4.79 Å². The van der Waals surface area contributed by atoms with E-state index in [1.54, 1.807) is 7.98 Å². The van der Waals surface area contributed by atoms with Gasteiger partial charge in [0, 0.05) is 0 Å². The van der Waals surface area contributed by atoms with Crippen LogP contribution in [-0.2, 0) is 19.0 Å². The molecule has 6 nitrogen and oxygen atoms in total. The van der Waals surface area contributed by atoms with E-state index in [4.69, 9.17) is 19.3 Å². The Morgan fingerprint density at radius 3 is 2.50 bits per heavy atom. The molecule has 0 bridgehead atoms. The second kappa shape index (κ2) is 5.14. The average Bonchev–Trinajstić information content (AvgIpc) is 2.21. The van der Waals surface area contributed by atoms with Crippen molar-refractivity contribution in [1.29, 1.82) is 0 Å². The van der Waals surface area contributed by atoms with E-state index in [0.717, 1.165) is 0 Å².